The molecule has 0 fully saturated rings. The highest BCUT2D eigenvalue weighted by Gasteiger charge is 2.21. The van der Waals surface area contributed by atoms with E-state index in [1.54, 1.807) is 6.21 Å². The number of carbonyl (C=O) groups is 1. The van der Waals surface area contributed by atoms with E-state index >= 15 is 0 Å². The molecule has 0 aliphatic heterocycles. The second-order valence-corrected chi connectivity index (χ2v) is 11.2. The summed E-state index contributed by atoms with van der Waals surface area (Å²) in [6, 6.07) is 24.1. The zero-order chi connectivity index (χ0) is 26.5. The number of nitrogens with one attached hydrogen (secondary N) is 3. The predicted molar refractivity (Wildman–Crippen MR) is 162 cm³/mol. The van der Waals surface area contributed by atoms with Gasteiger partial charge in [-0.15, -0.1) is 10.2 Å². The Hall–Kier alpha value is -3.64. The van der Waals surface area contributed by atoms with Crippen molar-refractivity contribution in [1.29, 1.82) is 0 Å². The first kappa shape index (κ1) is 26.0. The quantitative estimate of drug-likeness (QED) is 0.0811. The first-order valence-electron chi connectivity index (χ1n) is 12.0. The Morgan fingerprint density at radius 3 is 2.74 bits per heavy atom. The molecule has 0 saturated heterocycles. The maximum Gasteiger partial charge on any atom is 0.253 e. The summed E-state index contributed by atoms with van der Waals surface area (Å²) in [5.74, 6) is 0.532. The van der Waals surface area contributed by atoms with Crippen LogP contribution in [-0.4, -0.2) is 37.1 Å². The van der Waals surface area contributed by atoms with Crippen LogP contribution in [0.15, 0.2) is 89.3 Å². The van der Waals surface area contributed by atoms with Gasteiger partial charge >= 0.3 is 0 Å². The number of benzene rings is 3. The summed E-state index contributed by atoms with van der Waals surface area (Å²) in [4.78, 5) is 16.0. The van der Waals surface area contributed by atoms with Crippen LogP contribution in [-0.2, 0) is 11.3 Å². The monoisotopic (exact) mass is 635 g/mol. The van der Waals surface area contributed by atoms with Crippen molar-refractivity contribution in [2.75, 3.05) is 5.32 Å². The number of amides is 1. The van der Waals surface area contributed by atoms with Gasteiger partial charge in [-0.25, -0.2) is 5.43 Å². The third-order valence-electron chi connectivity index (χ3n) is 5.99. The van der Waals surface area contributed by atoms with Crippen LogP contribution in [0.3, 0.4) is 0 Å². The van der Waals surface area contributed by atoms with Gasteiger partial charge in [0.25, 0.3) is 5.91 Å². The van der Waals surface area contributed by atoms with Crippen molar-refractivity contribution < 1.29 is 4.79 Å². The average molecular weight is 636 g/mol. The van der Waals surface area contributed by atoms with E-state index in [1.807, 2.05) is 72.3 Å². The van der Waals surface area contributed by atoms with Crippen molar-refractivity contribution in [2.45, 2.75) is 30.8 Å². The van der Waals surface area contributed by atoms with Gasteiger partial charge < -0.3 is 10.3 Å². The summed E-state index contributed by atoms with van der Waals surface area (Å²) in [5, 5.41) is 17.8. The number of hydrazone groups is 1. The number of hydrogen-bond donors (Lipinski definition) is 3. The van der Waals surface area contributed by atoms with E-state index in [0.717, 1.165) is 39.2 Å². The molecule has 3 aromatic carbocycles. The Kier molecular flexibility index (Phi) is 8.08. The van der Waals surface area contributed by atoms with Gasteiger partial charge in [-0.05, 0) is 78.4 Å². The topological polar surface area (TPSA) is 100.0 Å². The molecule has 0 aliphatic carbocycles. The molecule has 0 saturated carbocycles. The molecule has 0 radical (unpaired) electrons. The van der Waals surface area contributed by atoms with Crippen LogP contribution < -0.4 is 10.7 Å². The summed E-state index contributed by atoms with van der Waals surface area (Å²) in [6.45, 7) is 4.40. The number of anilines is 1. The fourth-order valence-corrected chi connectivity index (χ4v) is 5.52. The predicted octanol–water partition coefficient (Wildman–Crippen LogP) is 5.90. The van der Waals surface area contributed by atoms with E-state index in [1.165, 1.54) is 15.3 Å². The summed E-state index contributed by atoms with van der Waals surface area (Å²) in [6.07, 6.45) is 3.52. The minimum absolute atomic E-state index is 0.220. The lowest BCUT2D eigenvalue weighted by molar-refractivity contribution is -0.120. The number of aryl methyl sites for hydroxylation is 1. The number of aromatic nitrogens is 4. The van der Waals surface area contributed by atoms with Gasteiger partial charge in [-0.1, -0.05) is 48.2 Å². The highest BCUT2D eigenvalue weighted by molar-refractivity contribution is 14.1. The van der Waals surface area contributed by atoms with Gasteiger partial charge in [0.1, 0.15) is 0 Å². The first-order chi connectivity index (χ1) is 18.5. The van der Waals surface area contributed by atoms with Crippen LogP contribution in [0.5, 0.6) is 0 Å². The molecule has 5 aromatic rings. The molecule has 2 aromatic heterocycles. The Balaban J connectivity index is 1.30. The zero-order valence-electron chi connectivity index (χ0n) is 20.9. The van der Waals surface area contributed by atoms with Gasteiger partial charge in [-0.2, -0.15) is 5.10 Å². The molecule has 1 atom stereocenters. The Labute approximate surface area is 238 Å². The number of rotatable bonds is 9. The van der Waals surface area contributed by atoms with Crippen LogP contribution in [0.1, 0.15) is 23.9 Å². The smallest absolute Gasteiger partial charge is 0.253 e. The molecular formula is C28H26IN7OS. The molecule has 8 nitrogen and oxygen atoms in total. The molecule has 192 valence electrons. The molecule has 1 unspecified atom stereocenters. The van der Waals surface area contributed by atoms with Crippen LogP contribution in [0.4, 0.5) is 5.69 Å². The van der Waals surface area contributed by atoms with E-state index < -0.39 is 5.25 Å². The minimum atomic E-state index is -0.443. The molecular weight excluding hydrogens is 609 g/mol. The first-order valence-corrected chi connectivity index (χ1v) is 14.0. The largest absolute Gasteiger partial charge is 0.378 e. The lowest BCUT2D eigenvalue weighted by atomic mass is 10.2. The molecule has 38 heavy (non-hydrogen) atoms. The number of para-hydroxylation sites is 2. The van der Waals surface area contributed by atoms with Crippen molar-refractivity contribution in [3.8, 4) is 5.69 Å². The van der Waals surface area contributed by atoms with Gasteiger partial charge in [0.05, 0.1) is 18.0 Å². The number of H-pyrrole nitrogens is 1. The average Bonchev–Trinajstić information content (AvgIpc) is 3.52. The summed E-state index contributed by atoms with van der Waals surface area (Å²) < 4.78 is 3.17. The number of hydrogen-bond acceptors (Lipinski definition) is 6. The van der Waals surface area contributed by atoms with Crippen LogP contribution in [0.25, 0.3) is 16.6 Å². The maximum atomic E-state index is 12.8. The number of aromatic amines is 1. The van der Waals surface area contributed by atoms with Crippen LogP contribution >= 0.6 is 34.4 Å². The van der Waals surface area contributed by atoms with Crippen LogP contribution in [0, 0.1) is 10.5 Å². The SMILES string of the molecule is Cc1cc(I)ccc1NCc1nnc(SC(C)C(=O)N/N=C/c2c[nH]c3ccccc23)n1-c1ccccc1. The molecule has 10 heteroatoms. The summed E-state index contributed by atoms with van der Waals surface area (Å²) >= 11 is 3.65. The van der Waals surface area contributed by atoms with Crippen molar-refractivity contribution in [3.05, 3.63) is 99.5 Å². The number of nitrogens with zero attached hydrogens (tertiary/aromatic N) is 4. The standard InChI is InChI=1S/C28H26IN7OS/c1-18-14-21(29)12-13-24(18)31-17-26-33-35-28(36(26)22-8-4-3-5-9-22)38-19(2)27(37)34-32-16-20-15-30-25-11-7-6-10-23(20)25/h3-16,19,30-31H,17H2,1-2H3,(H,34,37)/b32-16+. The van der Waals surface area contributed by atoms with E-state index in [9.17, 15) is 4.79 Å². The highest BCUT2D eigenvalue weighted by Crippen LogP contribution is 2.27. The number of halogens is 1. The second kappa shape index (κ2) is 11.8. The van der Waals surface area contributed by atoms with Gasteiger partial charge in [-0.3, -0.25) is 9.36 Å². The molecule has 0 spiro atoms. The molecule has 2 heterocycles. The summed E-state index contributed by atoms with van der Waals surface area (Å²) in [5.41, 5.74) is 7.72. The Bertz CT molecular complexity index is 1600. The fraction of sp³-hybridized carbons (Fsp3) is 0.143. The normalized spacial score (nSPS) is 12.2. The van der Waals surface area contributed by atoms with E-state index in [4.69, 9.17) is 0 Å². The Morgan fingerprint density at radius 2 is 1.92 bits per heavy atom. The third-order valence-corrected chi connectivity index (χ3v) is 7.70. The lowest BCUT2D eigenvalue weighted by Gasteiger charge is -2.14. The van der Waals surface area contributed by atoms with Crippen molar-refractivity contribution >= 4 is 63.1 Å². The lowest BCUT2D eigenvalue weighted by Crippen LogP contribution is -2.27. The van der Waals surface area contributed by atoms with Gasteiger partial charge in [0, 0.05) is 37.6 Å². The molecule has 1 amide bonds. The Morgan fingerprint density at radius 1 is 1.13 bits per heavy atom. The fourth-order valence-electron chi connectivity index (χ4n) is 4.00. The maximum absolute atomic E-state index is 12.8. The van der Waals surface area contributed by atoms with Crippen molar-refractivity contribution in [1.82, 2.24) is 25.2 Å². The van der Waals surface area contributed by atoms with Gasteiger partial charge in [0.15, 0.2) is 11.0 Å². The number of fused-ring (bicyclic) bond motifs is 1. The zero-order valence-corrected chi connectivity index (χ0v) is 23.8. The molecule has 0 bridgehead atoms. The van der Waals surface area contributed by atoms with Crippen molar-refractivity contribution in [3.63, 3.8) is 0 Å². The van der Waals surface area contributed by atoms with Gasteiger partial charge in [0.2, 0.25) is 0 Å². The molecule has 5 rings (SSSR count). The highest BCUT2D eigenvalue weighted by atomic mass is 127. The third kappa shape index (κ3) is 5.91. The van der Waals surface area contributed by atoms with E-state index in [0.29, 0.717) is 11.7 Å². The number of carbonyl (C=O) groups excluding carboxylic acids is 1. The molecule has 3 N–H and O–H groups in total. The van der Waals surface area contributed by atoms with Crippen LogP contribution in [0.2, 0.25) is 0 Å². The number of thioether (sulfide) groups is 1. The molecule has 0 aliphatic rings. The van der Waals surface area contributed by atoms with E-state index in [2.05, 4.69) is 78.7 Å². The minimum Gasteiger partial charge on any atom is -0.378 e. The van der Waals surface area contributed by atoms with Crippen molar-refractivity contribution in [2.24, 2.45) is 5.10 Å². The summed E-state index contributed by atoms with van der Waals surface area (Å²) in [7, 11) is 0. The second-order valence-electron chi connectivity index (χ2n) is 8.67. The van der Waals surface area contributed by atoms with E-state index in [-0.39, 0.29) is 5.91 Å².